The zero-order valence-electron chi connectivity index (χ0n) is 25.3. The lowest BCUT2D eigenvalue weighted by Crippen LogP contribution is -2.00. The molecule has 0 saturated carbocycles. The fraction of sp³-hybridized carbons (Fsp3) is 0. The normalized spacial score (nSPS) is 11.4. The van der Waals surface area contributed by atoms with E-state index >= 15 is 0 Å². The summed E-state index contributed by atoms with van der Waals surface area (Å²) in [5.74, 6) is 2.74. The largest absolute Gasteiger partial charge is 0.456 e. The van der Waals surface area contributed by atoms with Gasteiger partial charge in [0.2, 0.25) is 0 Å². The number of fused-ring (bicyclic) bond motifs is 4. The Kier molecular flexibility index (Phi) is 6.43. The summed E-state index contributed by atoms with van der Waals surface area (Å²) < 4.78 is 6.58. The molecule has 7 aromatic carbocycles. The van der Waals surface area contributed by atoms with Crippen LogP contribution in [0, 0.1) is 0 Å². The smallest absolute Gasteiger partial charge is 0.164 e. The molecular formula is C43H27N3O. The molecule has 0 aliphatic heterocycles. The number of rotatable bonds is 5. The Morgan fingerprint density at radius 2 is 0.851 bits per heavy atom. The first-order chi connectivity index (χ1) is 23.3. The highest BCUT2D eigenvalue weighted by molar-refractivity contribution is 6.22. The minimum Gasteiger partial charge on any atom is -0.456 e. The summed E-state index contributed by atoms with van der Waals surface area (Å²) in [5, 5.41) is 5.64. The average molecular weight is 602 g/mol. The van der Waals surface area contributed by atoms with Gasteiger partial charge < -0.3 is 4.42 Å². The van der Waals surface area contributed by atoms with Crippen LogP contribution >= 0.6 is 0 Å². The van der Waals surface area contributed by atoms with Gasteiger partial charge in [0.05, 0.1) is 0 Å². The standard InChI is InChI=1S/C43H27N3O/c1-4-14-28(15-5-1)39-36-26-32(43-45-41(29-16-6-2-7-17-29)44-42(46-43)30-18-8-3-9-19-30)24-25-34(36)33-21-11-12-22-35(33)40(39)38-27-31-20-10-13-23-37(31)47-38/h1-27H. The van der Waals surface area contributed by atoms with E-state index in [4.69, 9.17) is 19.4 Å². The van der Waals surface area contributed by atoms with Gasteiger partial charge in [-0.3, -0.25) is 0 Å². The van der Waals surface area contributed by atoms with Crippen LogP contribution in [0.4, 0.5) is 0 Å². The summed E-state index contributed by atoms with van der Waals surface area (Å²) in [7, 11) is 0. The van der Waals surface area contributed by atoms with Crippen molar-refractivity contribution in [3.63, 3.8) is 0 Å². The van der Waals surface area contributed by atoms with Crippen molar-refractivity contribution in [1.82, 2.24) is 15.0 Å². The van der Waals surface area contributed by atoms with E-state index in [1.165, 1.54) is 0 Å². The van der Waals surface area contributed by atoms with E-state index in [1.54, 1.807) is 0 Å². The van der Waals surface area contributed by atoms with E-state index in [0.29, 0.717) is 17.5 Å². The second kappa shape index (κ2) is 11.2. The highest BCUT2D eigenvalue weighted by Crippen LogP contribution is 2.46. The third kappa shape index (κ3) is 4.75. The molecule has 4 nitrogen and oxygen atoms in total. The third-order valence-electron chi connectivity index (χ3n) is 8.72. The predicted molar refractivity (Wildman–Crippen MR) is 192 cm³/mol. The molecular weight excluding hydrogens is 574 g/mol. The second-order valence-electron chi connectivity index (χ2n) is 11.6. The predicted octanol–water partition coefficient (Wildman–Crippen LogP) is 11.3. The van der Waals surface area contributed by atoms with Gasteiger partial charge in [-0.25, -0.2) is 15.0 Å². The molecule has 0 N–H and O–H groups in total. The molecule has 0 atom stereocenters. The van der Waals surface area contributed by atoms with Crippen LogP contribution in [-0.4, -0.2) is 15.0 Å². The van der Waals surface area contributed by atoms with E-state index in [1.807, 2.05) is 78.9 Å². The summed E-state index contributed by atoms with van der Waals surface area (Å²) in [4.78, 5) is 15.0. The Labute approximate surface area is 271 Å². The molecule has 0 bridgehead atoms. The lowest BCUT2D eigenvalue weighted by molar-refractivity contribution is 0.632. The lowest BCUT2D eigenvalue weighted by atomic mass is 9.86. The maximum atomic E-state index is 6.58. The number of hydrogen-bond acceptors (Lipinski definition) is 4. The van der Waals surface area contributed by atoms with Crippen LogP contribution in [0.3, 0.4) is 0 Å². The van der Waals surface area contributed by atoms with E-state index in [-0.39, 0.29) is 0 Å². The molecule has 0 aliphatic carbocycles. The first kappa shape index (κ1) is 27.0. The molecule has 0 spiro atoms. The monoisotopic (exact) mass is 601 g/mol. The van der Waals surface area contributed by atoms with Crippen LogP contribution in [-0.2, 0) is 0 Å². The fourth-order valence-electron chi connectivity index (χ4n) is 6.53. The number of benzene rings is 7. The molecule has 0 amide bonds. The van der Waals surface area contributed by atoms with Gasteiger partial charge in [0, 0.05) is 33.2 Å². The third-order valence-corrected chi connectivity index (χ3v) is 8.72. The van der Waals surface area contributed by atoms with Crippen LogP contribution in [0.5, 0.6) is 0 Å². The minimum absolute atomic E-state index is 0.622. The van der Waals surface area contributed by atoms with Gasteiger partial charge in [-0.15, -0.1) is 0 Å². The van der Waals surface area contributed by atoms with Crippen LogP contribution in [0.1, 0.15) is 0 Å². The Bertz CT molecular complexity index is 2470. The molecule has 47 heavy (non-hydrogen) atoms. The number of aromatic nitrogens is 3. The SMILES string of the molecule is c1ccc(-c2nc(-c3ccccc3)nc(-c3ccc4c(c3)c(-c3ccccc3)c(-c3cc5ccccc5o3)c3ccccc34)n2)cc1. The quantitative estimate of drug-likeness (QED) is 0.184. The molecule has 0 aliphatic rings. The minimum atomic E-state index is 0.622. The van der Waals surface area contributed by atoms with Crippen molar-refractivity contribution in [1.29, 1.82) is 0 Å². The molecule has 0 saturated heterocycles. The Morgan fingerprint density at radius 3 is 1.49 bits per heavy atom. The van der Waals surface area contributed by atoms with Gasteiger partial charge in [-0.2, -0.15) is 0 Å². The molecule has 0 radical (unpaired) electrons. The molecule has 9 aromatic rings. The molecule has 2 aromatic heterocycles. The van der Waals surface area contributed by atoms with Crippen LogP contribution < -0.4 is 0 Å². The number of furan rings is 1. The first-order valence-corrected chi connectivity index (χ1v) is 15.7. The average Bonchev–Trinajstić information content (AvgIpc) is 3.59. The van der Waals surface area contributed by atoms with Gasteiger partial charge in [-0.05, 0) is 45.3 Å². The molecule has 4 heteroatoms. The Morgan fingerprint density at radius 1 is 0.340 bits per heavy atom. The fourth-order valence-corrected chi connectivity index (χ4v) is 6.53. The summed E-state index contributed by atoms with van der Waals surface area (Å²) in [5.41, 5.74) is 6.96. The van der Waals surface area contributed by atoms with Gasteiger partial charge in [0.15, 0.2) is 17.5 Å². The van der Waals surface area contributed by atoms with Crippen molar-refractivity contribution < 1.29 is 4.42 Å². The van der Waals surface area contributed by atoms with Gasteiger partial charge in [-0.1, -0.05) is 146 Å². The van der Waals surface area contributed by atoms with E-state index in [2.05, 4.69) is 84.9 Å². The Hall–Kier alpha value is -6.39. The van der Waals surface area contributed by atoms with Gasteiger partial charge in [0.25, 0.3) is 0 Å². The van der Waals surface area contributed by atoms with Crippen LogP contribution in [0.2, 0.25) is 0 Å². The maximum Gasteiger partial charge on any atom is 0.164 e. The highest BCUT2D eigenvalue weighted by Gasteiger charge is 2.21. The van der Waals surface area contributed by atoms with Crippen LogP contribution in [0.25, 0.3) is 89.1 Å². The Balaban J connectivity index is 1.36. The van der Waals surface area contributed by atoms with E-state index in [9.17, 15) is 0 Å². The summed E-state index contributed by atoms with van der Waals surface area (Å²) in [6, 6.07) is 56.3. The summed E-state index contributed by atoms with van der Waals surface area (Å²) in [6.07, 6.45) is 0. The lowest BCUT2D eigenvalue weighted by Gasteiger charge is -2.18. The van der Waals surface area contributed by atoms with E-state index in [0.717, 1.165) is 71.7 Å². The highest BCUT2D eigenvalue weighted by atomic mass is 16.3. The van der Waals surface area contributed by atoms with E-state index < -0.39 is 0 Å². The number of nitrogens with zero attached hydrogens (tertiary/aromatic N) is 3. The summed E-state index contributed by atoms with van der Waals surface area (Å²) in [6.45, 7) is 0. The van der Waals surface area contributed by atoms with Gasteiger partial charge >= 0.3 is 0 Å². The number of para-hydroxylation sites is 1. The maximum absolute atomic E-state index is 6.58. The second-order valence-corrected chi connectivity index (χ2v) is 11.6. The molecule has 0 fully saturated rings. The zero-order valence-corrected chi connectivity index (χ0v) is 25.3. The van der Waals surface area contributed by atoms with Crippen molar-refractivity contribution in [3.8, 4) is 56.6 Å². The van der Waals surface area contributed by atoms with Crippen molar-refractivity contribution in [2.45, 2.75) is 0 Å². The molecule has 220 valence electrons. The zero-order chi connectivity index (χ0) is 31.2. The molecule has 9 rings (SSSR count). The van der Waals surface area contributed by atoms with Gasteiger partial charge in [0.1, 0.15) is 11.3 Å². The van der Waals surface area contributed by atoms with Crippen LogP contribution in [0.15, 0.2) is 168 Å². The van der Waals surface area contributed by atoms with Crippen molar-refractivity contribution in [2.75, 3.05) is 0 Å². The number of hydrogen-bond donors (Lipinski definition) is 0. The summed E-state index contributed by atoms with van der Waals surface area (Å²) >= 11 is 0. The topological polar surface area (TPSA) is 51.8 Å². The van der Waals surface area contributed by atoms with Crippen molar-refractivity contribution in [3.05, 3.63) is 164 Å². The van der Waals surface area contributed by atoms with Crippen molar-refractivity contribution >= 4 is 32.5 Å². The first-order valence-electron chi connectivity index (χ1n) is 15.7. The molecule has 2 heterocycles. The van der Waals surface area contributed by atoms with Crippen molar-refractivity contribution in [2.24, 2.45) is 0 Å². The molecule has 0 unspecified atom stereocenters.